The van der Waals surface area contributed by atoms with Gasteiger partial charge in [-0.25, -0.2) is 9.97 Å². The molecule has 0 spiro atoms. The summed E-state index contributed by atoms with van der Waals surface area (Å²) in [6.07, 6.45) is 1.35. The third-order valence-electron chi connectivity index (χ3n) is 5.41. The average molecular weight is 471 g/mol. The highest BCUT2D eigenvalue weighted by atomic mass is 19.4. The second-order valence-electron chi connectivity index (χ2n) is 7.79. The van der Waals surface area contributed by atoms with Crippen molar-refractivity contribution in [3.63, 3.8) is 0 Å². The zero-order valence-corrected chi connectivity index (χ0v) is 18.3. The van der Waals surface area contributed by atoms with Crippen molar-refractivity contribution in [2.24, 2.45) is 0 Å². The standard InChI is InChI=1S/C23H20F3N5O3/c1-13-8-16(10-29-21(13)34-12-23(24,25)26)14(2)31-11-18-17(22(31)33)5-7-28-19(18)30-20(32)15-4-3-6-27-9-15/h3-10,14H,11-12H2,1-2H3,(H,28,30,32). The van der Waals surface area contributed by atoms with Gasteiger partial charge in [-0.2, -0.15) is 13.2 Å². The van der Waals surface area contributed by atoms with Crippen LogP contribution in [0.25, 0.3) is 0 Å². The van der Waals surface area contributed by atoms with Crippen molar-refractivity contribution in [3.8, 4) is 5.88 Å². The van der Waals surface area contributed by atoms with Gasteiger partial charge in [-0.1, -0.05) is 0 Å². The van der Waals surface area contributed by atoms with Gasteiger partial charge in [-0.15, -0.1) is 0 Å². The zero-order chi connectivity index (χ0) is 24.5. The Morgan fingerprint density at radius 1 is 1.24 bits per heavy atom. The number of pyridine rings is 3. The van der Waals surface area contributed by atoms with Gasteiger partial charge in [0, 0.05) is 41.5 Å². The van der Waals surface area contributed by atoms with Gasteiger partial charge in [-0.3, -0.25) is 14.6 Å². The van der Waals surface area contributed by atoms with E-state index in [-0.39, 0.29) is 24.1 Å². The molecule has 0 fully saturated rings. The van der Waals surface area contributed by atoms with Crippen LogP contribution in [-0.2, 0) is 6.54 Å². The highest BCUT2D eigenvalue weighted by Crippen LogP contribution is 2.35. The molecule has 4 heterocycles. The molecule has 11 heteroatoms. The Bertz CT molecular complexity index is 1230. The fraction of sp³-hybridized carbons (Fsp3) is 0.261. The molecule has 0 radical (unpaired) electrons. The topological polar surface area (TPSA) is 97.3 Å². The molecule has 176 valence electrons. The van der Waals surface area contributed by atoms with Gasteiger partial charge in [0.25, 0.3) is 11.8 Å². The molecule has 1 aliphatic rings. The van der Waals surface area contributed by atoms with E-state index in [0.29, 0.717) is 27.8 Å². The van der Waals surface area contributed by atoms with E-state index in [1.807, 2.05) is 0 Å². The predicted octanol–water partition coefficient (Wildman–Crippen LogP) is 4.09. The summed E-state index contributed by atoms with van der Waals surface area (Å²) in [4.78, 5) is 39.4. The Hall–Kier alpha value is -4.02. The second kappa shape index (κ2) is 9.08. The number of nitrogens with one attached hydrogen (secondary N) is 1. The lowest BCUT2D eigenvalue weighted by atomic mass is 10.1. The van der Waals surface area contributed by atoms with Crippen molar-refractivity contribution in [1.29, 1.82) is 0 Å². The van der Waals surface area contributed by atoms with Crippen molar-refractivity contribution >= 4 is 17.6 Å². The number of rotatable bonds is 6. The van der Waals surface area contributed by atoms with E-state index >= 15 is 0 Å². The van der Waals surface area contributed by atoms with E-state index in [2.05, 4.69) is 20.3 Å². The lowest BCUT2D eigenvalue weighted by molar-refractivity contribution is -0.154. The maximum absolute atomic E-state index is 13.1. The number of carbonyl (C=O) groups is 2. The van der Waals surface area contributed by atoms with Gasteiger partial charge in [0.15, 0.2) is 6.61 Å². The Balaban J connectivity index is 1.52. The molecule has 1 N–H and O–H groups in total. The van der Waals surface area contributed by atoms with Crippen LogP contribution in [0.15, 0.2) is 49.1 Å². The molecule has 0 saturated carbocycles. The highest BCUT2D eigenvalue weighted by molar-refractivity contribution is 6.06. The summed E-state index contributed by atoms with van der Waals surface area (Å²) in [5.41, 5.74) is 2.39. The summed E-state index contributed by atoms with van der Waals surface area (Å²) >= 11 is 0. The van der Waals surface area contributed by atoms with Gasteiger partial charge < -0.3 is 15.0 Å². The number of fused-ring (bicyclic) bond motifs is 1. The van der Waals surface area contributed by atoms with E-state index in [0.717, 1.165) is 0 Å². The van der Waals surface area contributed by atoms with E-state index in [1.165, 1.54) is 18.6 Å². The molecule has 2 amide bonds. The molecule has 1 atom stereocenters. The molecular weight excluding hydrogens is 451 g/mol. The lowest BCUT2D eigenvalue weighted by Gasteiger charge is -2.25. The zero-order valence-electron chi connectivity index (χ0n) is 18.3. The van der Waals surface area contributed by atoms with Crippen LogP contribution in [0, 0.1) is 6.92 Å². The smallest absolute Gasteiger partial charge is 0.422 e. The predicted molar refractivity (Wildman–Crippen MR) is 115 cm³/mol. The Labute approximate surface area is 192 Å². The maximum atomic E-state index is 13.1. The summed E-state index contributed by atoms with van der Waals surface area (Å²) in [7, 11) is 0. The Morgan fingerprint density at radius 2 is 2.03 bits per heavy atom. The molecule has 3 aromatic rings. The fourth-order valence-corrected chi connectivity index (χ4v) is 3.64. The molecular formula is C23H20F3N5O3. The van der Waals surface area contributed by atoms with Crippen molar-refractivity contribution in [3.05, 3.63) is 76.9 Å². The number of ether oxygens (including phenoxy) is 1. The number of anilines is 1. The van der Waals surface area contributed by atoms with Gasteiger partial charge in [0.1, 0.15) is 5.82 Å². The number of hydrogen-bond donors (Lipinski definition) is 1. The molecule has 3 aromatic heterocycles. The molecule has 0 aromatic carbocycles. The first-order chi connectivity index (χ1) is 16.1. The van der Waals surface area contributed by atoms with Crippen LogP contribution < -0.4 is 10.1 Å². The summed E-state index contributed by atoms with van der Waals surface area (Å²) in [6, 6.07) is 6.04. The molecule has 1 aliphatic heterocycles. The third-order valence-corrected chi connectivity index (χ3v) is 5.41. The van der Waals surface area contributed by atoms with E-state index in [4.69, 9.17) is 4.74 Å². The number of nitrogens with zero attached hydrogens (tertiary/aromatic N) is 4. The van der Waals surface area contributed by atoms with E-state index in [9.17, 15) is 22.8 Å². The number of aryl methyl sites for hydroxylation is 1. The van der Waals surface area contributed by atoms with Crippen LogP contribution in [0.1, 0.15) is 50.4 Å². The van der Waals surface area contributed by atoms with Gasteiger partial charge in [0.05, 0.1) is 18.2 Å². The summed E-state index contributed by atoms with van der Waals surface area (Å²) in [5.74, 6) is -0.493. The minimum atomic E-state index is -4.47. The molecule has 1 unspecified atom stereocenters. The van der Waals surface area contributed by atoms with Crippen molar-refractivity contribution in [2.45, 2.75) is 32.6 Å². The molecule has 0 bridgehead atoms. The third kappa shape index (κ3) is 4.82. The van der Waals surface area contributed by atoms with Gasteiger partial charge in [0.2, 0.25) is 5.88 Å². The van der Waals surface area contributed by atoms with Crippen molar-refractivity contribution in [2.75, 3.05) is 11.9 Å². The summed E-state index contributed by atoms with van der Waals surface area (Å²) < 4.78 is 42.1. The number of carbonyl (C=O) groups excluding carboxylic acids is 2. The number of amides is 2. The molecule has 4 rings (SSSR count). The lowest BCUT2D eigenvalue weighted by Crippen LogP contribution is -2.27. The molecule has 0 saturated heterocycles. The quantitative estimate of drug-likeness (QED) is 0.582. The minimum absolute atomic E-state index is 0.117. The van der Waals surface area contributed by atoms with Gasteiger partial charge in [-0.05, 0) is 43.7 Å². The summed E-state index contributed by atoms with van der Waals surface area (Å²) in [6.45, 7) is 2.14. The Kier molecular flexibility index (Phi) is 6.18. The minimum Gasteiger partial charge on any atom is -0.468 e. The van der Waals surface area contributed by atoms with Crippen molar-refractivity contribution in [1.82, 2.24) is 19.9 Å². The van der Waals surface area contributed by atoms with Crippen LogP contribution in [-0.4, -0.2) is 44.4 Å². The first kappa shape index (κ1) is 23.1. The van der Waals surface area contributed by atoms with Crippen LogP contribution in [0.5, 0.6) is 5.88 Å². The van der Waals surface area contributed by atoms with Crippen LogP contribution in [0.4, 0.5) is 19.0 Å². The maximum Gasteiger partial charge on any atom is 0.422 e. The monoisotopic (exact) mass is 471 g/mol. The number of hydrogen-bond acceptors (Lipinski definition) is 6. The van der Waals surface area contributed by atoms with E-state index < -0.39 is 24.7 Å². The number of aromatic nitrogens is 3. The SMILES string of the molecule is Cc1cc(C(C)N2Cc3c(ccnc3NC(=O)c3cccnc3)C2=O)cnc1OCC(F)(F)F. The number of halogens is 3. The largest absolute Gasteiger partial charge is 0.468 e. The average Bonchev–Trinajstić information content (AvgIpc) is 3.15. The molecule has 0 aliphatic carbocycles. The van der Waals surface area contributed by atoms with Crippen LogP contribution in [0.2, 0.25) is 0 Å². The van der Waals surface area contributed by atoms with Crippen LogP contribution in [0.3, 0.4) is 0 Å². The molecule has 34 heavy (non-hydrogen) atoms. The number of alkyl halides is 3. The first-order valence-electron chi connectivity index (χ1n) is 10.3. The van der Waals surface area contributed by atoms with Crippen LogP contribution >= 0.6 is 0 Å². The molecule has 8 nitrogen and oxygen atoms in total. The first-order valence-corrected chi connectivity index (χ1v) is 10.3. The Morgan fingerprint density at radius 3 is 2.71 bits per heavy atom. The van der Waals surface area contributed by atoms with Gasteiger partial charge >= 0.3 is 6.18 Å². The summed E-state index contributed by atoms with van der Waals surface area (Å²) in [5, 5.41) is 2.73. The highest BCUT2D eigenvalue weighted by Gasteiger charge is 2.34. The second-order valence-corrected chi connectivity index (χ2v) is 7.79. The van der Waals surface area contributed by atoms with E-state index in [1.54, 1.807) is 49.2 Å². The van der Waals surface area contributed by atoms with Crippen molar-refractivity contribution < 1.29 is 27.5 Å². The fourth-order valence-electron chi connectivity index (χ4n) is 3.64. The normalized spacial score (nSPS) is 14.0.